The van der Waals surface area contributed by atoms with Crippen LogP contribution in [0.2, 0.25) is 0 Å². The maximum atomic E-state index is 13.2. The molecule has 1 aromatic carbocycles. The molecule has 0 radical (unpaired) electrons. The quantitative estimate of drug-likeness (QED) is 0.677. The van der Waals surface area contributed by atoms with Crippen molar-refractivity contribution in [2.75, 3.05) is 0 Å². The first-order chi connectivity index (χ1) is 13.4. The SMILES string of the molecule is Cc1cc(C)c(-n2c3c(cc(C#N)c2=O)C(=O)C[C@@H](c2ccco2)C3)c(C)c1. The summed E-state index contributed by atoms with van der Waals surface area (Å²) in [6.07, 6.45) is 2.40. The summed E-state index contributed by atoms with van der Waals surface area (Å²) in [6.45, 7) is 5.90. The van der Waals surface area contributed by atoms with Gasteiger partial charge in [-0.2, -0.15) is 5.26 Å². The number of ketones is 1. The molecule has 0 aliphatic heterocycles. The molecule has 0 fully saturated rings. The molecule has 0 bridgehead atoms. The van der Waals surface area contributed by atoms with Crippen molar-refractivity contribution in [1.29, 1.82) is 5.26 Å². The van der Waals surface area contributed by atoms with Crippen LogP contribution < -0.4 is 5.56 Å². The number of Topliss-reactive ketones (excluding diaryl/α,β-unsaturated/α-hetero) is 1. The Kier molecular flexibility index (Phi) is 4.27. The van der Waals surface area contributed by atoms with Crippen molar-refractivity contribution in [3.05, 3.63) is 86.2 Å². The number of carbonyl (C=O) groups is 1. The molecule has 5 heteroatoms. The fraction of sp³-hybridized carbons (Fsp3) is 0.261. The molecule has 3 aromatic rings. The standard InChI is InChI=1S/C23H20N2O3/c1-13-7-14(2)22(15(3)8-13)25-19-10-16(21-5-4-6-28-21)11-20(26)18(19)9-17(12-24)23(25)27/h4-9,16H,10-11H2,1-3H3/t16-/m0/s1. The van der Waals surface area contributed by atoms with E-state index in [4.69, 9.17) is 4.42 Å². The molecule has 5 nitrogen and oxygen atoms in total. The molecular formula is C23H20N2O3. The number of fused-ring (bicyclic) bond motifs is 1. The second-order valence-electron chi connectivity index (χ2n) is 7.46. The van der Waals surface area contributed by atoms with Gasteiger partial charge in [0.05, 0.1) is 12.0 Å². The maximum absolute atomic E-state index is 13.2. The Bertz CT molecular complexity index is 1170. The predicted molar refractivity (Wildman–Crippen MR) is 105 cm³/mol. The predicted octanol–water partition coefficient (Wildman–Crippen LogP) is 4.14. The zero-order valence-corrected chi connectivity index (χ0v) is 16.1. The van der Waals surface area contributed by atoms with Crippen molar-refractivity contribution in [3.63, 3.8) is 0 Å². The number of pyridine rings is 1. The highest BCUT2D eigenvalue weighted by Crippen LogP contribution is 2.34. The first-order valence-corrected chi connectivity index (χ1v) is 9.24. The average Bonchev–Trinajstić information content (AvgIpc) is 3.17. The number of carbonyl (C=O) groups excluding carboxylic acids is 1. The molecule has 0 N–H and O–H groups in total. The van der Waals surface area contributed by atoms with Crippen molar-refractivity contribution in [2.45, 2.75) is 39.5 Å². The first kappa shape index (κ1) is 18.0. The summed E-state index contributed by atoms with van der Waals surface area (Å²) in [5, 5.41) is 9.47. The Morgan fingerprint density at radius 3 is 2.43 bits per heavy atom. The molecule has 4 rings (SSSR count). The van der Waals surface area contributed by atoms with Crippen LogP contribution in [0.3, 0.4) is 0 Å². The molecule has 0 saturated carbocycles. The number of aryl methyl sites for hydroxylation is 3. The van der Waals surface area contributed by atoms with Crippen LogP contribution in [0.1, 0.15) is 56.4 Å². The molecule has 1 aliphatic carbocycles. The number of furan rings is 1. The third-order valence-electron chi connectivity index (χ3n) is 5.40. The van der Waals surface area contributed by atoms with Crippen LogP contribution in [-0.4, -0.2) is 10.4 Å². The molecule has 0 amide bonds. The zero-order chi connectivity index (χ0) is 20.0. The van der Waals surface area contributed by atoms with E-state index in [1.807, 2.05) is 45.0 Å². The highest BCUT2D eigenvalue weighted by atomic mass is 16.3. The van der Waals surface area contributed by atoms with Crippen LogP contribution in [0.5, 0.6) is 0 Å². The number of nitrogens with zero attached hydrogens (tertiary/aromatic N) is 2. The molecule has 140 valence electrons. The summed E-state index contributed by atoms with van der Waals surface area (Å²) in [5.74, 6) is 0.537. The minimum absolute atomic E-state index is 0.0112. The Morgan fingerprint density at radius 1 is 1.11 bits per heavy atom. The van der Waals surface area contributed by atoms with Crippen molar-refractivity contribution in [1.82, 2.24) is 4.57 Å². The van der Waals surface area contributed by atoms with E-state index < -0.39 is 0 Å². The second-order valence-corrected chi connectivity index (χ2v) is 7.46. The van der Waals surface area contributed by atoms with Crippen molar-refractivity contribution >= 4 is 5.78 Å². The van der Waals surface area contributed by atoms with Crippen molar-refractivity contribution < 1.29 is 9.21 Å². The molecule has 0 unspecified atom stereocenters. The van der Waals surface area contributed by atoms with Gasteiger partial charge in [0, 0.05) is 23.6 Å². The summed E-state index contributed by atoms with van der Waals surface area (Å²) < 4.78 is 7.10. The van der Waals surface area contributed by atoms with Crippen LogP contribution in [0.4, 0.5) is 0 Å². The zero-order valence-electron chi connectivity index (χ0n) is 16.1. The van der Waals surface area contributed by atoms with Gasteiger partial charge >= 0.3 is 0 Å². The van der Waals surface area contributed by atoms with Gasteiger partial charge in [0.15, 0.2) is 5.78 Å². The van der Waals surface area contributed by atoms with E-state index in [2.05, 4.69) is 0 Å². The second kappa shape index (κ2) is 6.65. The summed E-state index contributed by atoms with van der Waals surface area (Å²) >= 11 is 0. The van der Waals surface area contributed by atoms with Crippen molar-refractivity contribution in [3.8, 4) is 11.8 Å². The molecule has 28 heavy (non-hydrogen) atoms. The number of hydrogen-bond donors (Lipinski definition) is 0. The molecule has 1 atom stereocenters. The van der Waals surface area contributed by atoms with Crippen LogP contribution >= 0.6 is 0 Å². The summed E-state index contributed by atoms with van der Waals surface area (Å²) in [7, 11) is 0. The lowest BCUT2D eigenvalue weighted by Crippen LogP contribution is -2.32. The topological polar surface area (TPSA) is 76.0 Å². The van der Waals surface area contributed by atoms with Gasteiger partial charge < -0.3 is 4.42 Å². The van der Waals surface area contributed by atoms with E-state index in [-0.39, 0.29) is 22.8 Å². The fourth-order valence-corrected chi connectivity index (χ4v) is 4.30. The average molecular weight is 372 g/mol. The van der Waals surface area contributed by atoms with Gasteiger partial charge in [-0.05, 0) is 56.5 Å². The number of nitriles is 1. The maximum Gasteiger partial charge on any atom is 0.273 e. The van der Waals surface area contributed by atoms with Gasteiger partial charge in [-0.3, -0.25) is 14.2 Å². The largest absolute Gasteiger partial charge is 0.469 e. The monoisotopic (exact) mass is 372 g/mol. The first-order valence-electron chi connectivity index (χ1n) is 9.24. The number of aromatic nitrogens is 1. The third kappa shape index (κ3) is 2.78. The Labute approximate surface area is 162 Å². The summed E-state index contributed by atoms with van der Waals surface area (Å²) in [5.41, 5.74) is 4.43. The lowest BCUT2D eigenvalue weighted by molar-refractivity contribution is 0.0958. The number of hydrogen-bond acceptors (Lipinski definition) is 4. The molecule has 2 heterocycles. The van der Waals surface area contributed by atoms with Crippen LogP contribution in [-0.2, 0) is 6.42 Å². The third-order valence-corrected chi connectivity index (χ3v) is 5.40. The lowest BCUT2D eigenvalue weighted by Gasteiger charge is -2.27. The number of rotatable bonds is 2. The summed E-state index contributed by atoms with van der Waals surface area (Å²) in [6, 6.07) is 11.1. The molecule has 0 spiro atoms. The molecule has 0 saturated heterocycles. The highest BCUT2D eigenvalue weighted by Gasteiger charge is 2.32. The van der Waals surface area contributed by atoms with Gasteiger partial charge in [0.1, 0.15) is 17.4 Å². The minimum atomic E-state index is -0.385. The van der Waals surface area contributed by atoms with E-state index in [0.717, 1.165) is 28.1 Å². The summed E-state index contributed by atoms with van der Waals surface area (Å²) in [4.78, 5) is 26.1. The van der Waals surface area contributed by atoms with Crippen LogP contribution in [0, 0.1) is 32.1 Å². The van der Waals surface area contributed by atoms with Gasteiger partial charge in [-0.25, -0.2) is 0 Å². The fourth-order valence-electron chi connectivity index (χ4n) is 4.30. The number of benzene rings is 1. The normalized spacial score (nSPS) is 15.9. The van der Waals surface area contributed by atoms with Gasteiger partial charge in [-0.15, -0.1) is 0 Å². The van der Waals surface area contributed by atoms with Gasteiger partial charge in [0.2, 0.25) is 0 Å². The molecular weight excluding hydrogens is 352 g/mol. The Balaban J connectivity index is 2.03. The van der Waals surface area contributed by atoms with E-state index in [1.165, 1.54) is 6.07 Å². The van der Waals surface area contributed by atoms with Crippen LogP contribution in [0.15, 0.2) is 45.8 Å². The molecule has 2 aromatic heterocycles. The smallest absolute Gasteiger partial charge is 0.273 e. The lowest BCUT2D eigenvalue weighted by atomic mass is 9.83. The Morgan fingerprint density at radius 2 is 1.82 bits per heavy atom. The van der Waals surface area contributed by atoms with E-state index >= 15 is 0 Å². The van der Waals surface area contributed by atoms with E-state index in [9.17, 15) is 14.9 Å². The van der Waals surface area contributed by atoms with E-state index in [0.29, 0.717) is 24.1 Å². The van der Waals surface area contributed by atoms with Crippen molar-refractivity contribution in [2.24, 2.45) is 0 Å². The van der Waals surface area contributed by atoms with Gasteiger partial charge in [0.25, 0.3) is 5.56 Å². The molecule has 1 aliphatic rings. The minimum Gasteiger partial charge on any atom is -0.469 e. The van der Waals surface area contributed by atoms with Crippen LogP contribution in [0.25, 0.3) is 5.69 Å². The van der Waals surface area contributed by atoms with E-state index in [1.54, 1.807) is 16.9 Å². The van der Waals surface area contributed by atoms with Gasteiger partial charge in [-0.1, -0.05) is 17.7 Å². The Hall–Kier alpha value is -3.39. The highest BCUT2D eigenvalue weighted by molar-refractivity contribution is 5.99.